The highest BCUT2D eigenvalue weighted by molar-refractivity contribution is 6.27. The van der Waals surface area contributed by atoms with Gasteiger partial charge in [-0.1, -0.05) is 5.16 Å². The first kappa shape index (κ1) is 12.9. The van der Waals surface area contributed by atoms with Gasteiger partial charge in [-0.25, -0.2) is 0 Å². The number of halogens is 1. The molecule has 2 fully saturated rings. The lowest BCUT2D eigenvalue weighted by Crippen LogP contribution is -2.41. The summed E-state index contributed by atoms with van der Waals surface area (Å²) in [5.74, 6) is 2.60. The number of nitrogens with zero attached hydrogens (tertiary/aromatic N) is 3. The van der Waals surface area contributed by atoms with Crippen LogP contribution in [0.25, 0.3) is 0 Å². The zero-order valence-electron chi connectivity index (χ0n) is 10.8. The molecule has 1 amide bonds. The molecule has 19 heavy (non-hydrogen) atoms. The zero-order valence-corrected chi connectivity index (χ0v) is 11.6. The monoisotopic (exact) mass is 283 g/mol. The number of rotatable bonds is 4. The van der Waals surface area contributed by atoms with E-state index in [0.717, 1.165) is 38.2 Å². The highest BCUT2D eigenvalue weighted by atomic mass is 35.5. The maximum Gasteiger partial charge on any atom is 0.237 e. The number of hydrogen-bond acceptors (Lipinski definition) is 4. The molecule has 5 nitrogen and oxygen atoms in total. The van der Waals surface area contributed by atoms with Crippen molar-refractivity contribution in [3.63, 3.8) is 0 Å². The van der Waals surface area contributed by atoms with Crippen molar-refractivity contribution < 1.29 is 9.32 Å². The fourth-order valence-corrected chi connectivity index (χ4v) is 2.82. The lowest BCUT2D eigenvalue weighted by Gasteiger charge is -2.31. The molecule has 2 heterocycles. The van der Waals surface area contributed by atoms with Crippen LogP contribution in [-0.2, 0) is 11.2 Å². The first-order valence-electron chi connectivity index (χ1n) is 6.92. The van der Waals surface area contributed by atoms with Crippen molar-refractivity contribution in [3.8, 4) is 0 Å². The highest BCUT2D eigenvalue weighted by Gasteiger charge is 2.30. The molecule has 2 aliphatic rings. The maximum atomic E-state index is 11.6. The van der Waals surface area contributed by atoms with Crippen molar-refractivity contribution in [2.24, 2.45) is 5.92 Å². The van der Waals surface area contributed by atoms with Gasteiger partial charge in [-0.05, 0) is 31.6 Å². The average Bonchev–Trinajstić information content (AvgIpc) is 3.19. The number of amides is 1. The lowest BCUT2D eigenvalue weighted by atomic mass is 9.95. The van der Waals surface area contributed by atoms with Crippen LogP contribution < -0.4 is 0 Å². The number of piperidine rings is 1. The van der Waals surface area contributed by atoms with E-state index in [-0.39, 0.29) is 11.8 Å². The van der Waals surface area contributed by atoms with Gasteiger partial charge in [0.1, 0.15) is 5.88 Å². The summed E-state index contributed by atoms with van der Waals surface area (Å²) in [4.78, 5) is 17.9. The van der Waals surface area contributed by atoms with Gasteiger partial charge in [0.25, 0.3) is 0 Å². The van der Waals surface area contributed by atoms with Gasteiger partial charge in [0.2, 0.25) is 11.8 Å². The molecule has 1 aromatic heterocycles. The lowest BCUT2D eigenvalue weighted by molar-refractivity contribution is -0.130. The second kappa shape index (κ2) is 5.49. The van der Waals surface area contributed by atoms with Crippen LogP contribution in [0.1, 0.15) is 43.3 Å². The molecule has 0 aromatic carbocycles. The minimum Gasteiger partial charge on any atom is -0.341 e. The van der Waals surface area contributed by atoms with Crippen LogP contribution in [0, 0.1) is 5.92 Å². The molecule has 3 rings (SSSR count). The Labute approximate surface area is 117 Å². The van der Waals surface area contributed by atoms with E-state index < -0.39 is 0 Å². The van der Waals surface area contributed by atoms with E-state index in [2.05, 4.69) is 10.1 Å². The van der Waals surface area contributed by atoms with Crippen LogP contribution in [0.5, 0.6) is 0 Å². The number of hydrogen-bond donors (Lipinski definition) is 0. The van der Waals surface area contributed by atoms with E-state index in [1.54, 1.807) is 0 Å². The molecule has 1 atom stereocenters. The summed E-state index contributed by atoms with van der Waals surface area (Å²) in [6.45, 7) is 1.58. The van der Waals surface area contributed by atoms with Crippen LogP contribution >= 0.6 is 11.6 Å². The van der Waals surface area contributed by atoms with Gasteiger partial charge in [-0.3, -0.25) is 4.79 Å². The second-order valence-electron chi connectivity index (χ2n) is 5.51. The molecule has 1 saturated heterocycles. The van der Waals surface area contributed by atoms with Crippen molar-refractivity contribution in [1.29, 1.82) is 0 Å². The number of aromatic nitrogens is 2. The fraction of sp³-hybridized carbons (Fsp3) is 0.769. The molecular weight excluding hydrogens is 266 g/mol. The molecule has 0 spiro atoms. The molecule has 1 unspecified atom stereocenters. The summed E-state index contributed by atoms with van der Waals surface area (Å²) in [6.07, 6.45) is 5.26. The third-order valence-corrected chi connectivity index (χ3v) is 4.10. The van der Waals surface area contributed by atoms with E-state index in [1.165, 1.54) is 12.8 Å². The molecule has 6 heteroatoms. The number of alkyl halides is 1. The minimum atomic E-state index is 0.0237. The topological polar surface area (TPSA) is 59.2 Å². The van der Waals surface area contributed by atoms with Crippen LogP contribution in [-0.4, -0.2) is 39.9 Å². The molecule has 1 aromatic rings. The Morgan fingerprint density at radius 3 is 3.00 bits per heavy atom. The minimum absolute atomic E-state index is 0.0237. The Hall–Kier alpha value is -1.10. The van der Waals surface area contributed by atoms with Crippen LogP contribution in [0.15, 0.2) is 4.52 Å². The van der Waals surface area contributed by atoms with Crippen molar-refractivity contribution in [2.45, 2.75) is 38.0 Å². The van der Waals surface area contributed by atoms with Crippen LogP contribution in [0.4, 0.5) is 0 Å². The maximum absolute atomic E-state index is 11.6. The van der Waals surface area contributed by atoms with Gasteiger partial charge in [-0.15, -0.1) is 11.6 Å². The normalized spacial score (nSPS) is 23.6. The Bertz CT molecular complexity index is 458. The molecule has 1 aliphatic heterocycles. The van der Waals surface area contributed by atoms with Crippen molar-refractivity contribution in [3.05, 3.63) is 11.7 Å². The summed E-state index contributed by atoms with van der Waals surface area (Å²) < 4.78 is 5.30. The third kappa shape index (κ3) is 3.08. The fourth-order valence-electron chi connectivity index (χ4n) is 2.65. The van der Waals surface area contributed by atoms with E-state index in [1.807, 2.05) is 4.90 Å². The molecular formula is C13H18ClN3O2. The first-order chi connectivity index (χ1) is 9.26. The Morgan fingerprint density at radius 2 is 2.26 bits per heavy atom. The van der Waals surface area contributed by atoms with Gasteiger partial charge >= 0.3 is 0 Å². The van der Waals surface area contributed by atoms with E-state index in [0.29, 0.717) is 17.7 Å². The summed E-state index contributed by atoms with van der Waals surface area (Å²) >= 11 is 5.61. The van der Waals surface area contributed by atoms with Gasteiger partial charge < -0.3 is 9.42 Å². The predicted octanol–water partition coefficient (Wildman–Crippen LogP) is 1.97. The Morgan fingerprint density at radius 1 is 1.42 bits per heavy atom. The standard InChI is InChI=1S/C13H18ClN3O2/c14-7-12(18)17-5-1-2-9(8-17)6-11-15-13(16-19-11)10-3-4-10/h9-10H,1-8H2. The Balaban J connectivity index is 1.57. The molecule has 1 saturated carbocycles. The number of carbonyl (C=O) groups excluding carboxylic acids is 1. The first-order valence-corrected chi connectivity index (χ1v) is 7.46. The Kier molecular flexibility index (Phi) is 3.73. The van der Waals surface area contributed by atoms with Gasteiger partial charge in [-0.2, -0.15) is 4.98 Å². The second-order valence-corrected chi connectivity index (χ2v) is 5.77. The predicted molar refractivity (Wildman–Crippen MR) is 70.0 cm³/mol. The number of likely N-dealkylation sites (tertiary alicyclic amines) is 1. The zero-order chi connectivity index (χ0) is 13.2. The molecule has 0 bridgehead atoms. The quantitative estimate of drug-likeness (QED) is 0.793. The summed E-state index contributed by atoms with van der Waals surface area (Å²) in [7, 11) is 0. The molecule has 1 aliphatic carbocycles. The van der Waals surface area contributed by atoms with Gasteiger partial charge in [0.15, 0.2) is 5.82 Å². The summed E-state index contributed by atoms with van der Waals surface area (Å²) in [5.41, 5.74) is 0. The smallest absolute Gasteiger partial charge is 0.237 e. The highest BCUT2D eigenvalue weighted by Crippen LogP contribution is 2.38. The van der Waals surface area contributed by atoms with Crippen molar-refractivity contribution in [1.82, 2.24) is 15.0 Å². The SMILES string of the molecule is O=C(CCl)N1CCCC(Cc2nc(C3CC3)no2)C1. The molecule has 0 N–H and O–H groups in total. The molecule has 104 valence electrons. The summed E-state index contributed by atoms with van der Waals surface area (Å²) in [5, 5.41) is 4.03. The van der Waals surface area contributed by atoms with Crippen LogP contribution in [0.3, 0.4) is 0 Å². The molecule has 0 radical (unpaired) electrons. The largest absolute Gasteiger partial charge is 0.341 e. The summed E-state index contributed by atoms with van der Waals surface area (Å²) in [6, 6.07) is 0. The van der Waals surface area contributed by atoms with Crippen molar-refractivity contribution in [2.75, 3.05) is 19.0 Å². The van der Waals surface area contributed by atoms with E-state index in [4.69, 9.17) is 16.1 Å². The van der Waals surface area contributed by atoms with E-state index in [9.17, 15) is 4.79 Å². The average molecular weight is 284 g/mol. The van der Waals surface area contributed by atoms with Gasteiger partial charge in [0.05, 0.1) is 0 Å². The van der Waals surface area contributed by atoms with Crippen LogP contribution in [0.2, 0.25) is 0 Å². The van der Waals surface area contributed by atoms with Gasteiger partial charge in [0, 0.05) is 25.4 Å². The van der Waals surface area contributed by atoms with E-state index >= 15 is 0 Å². The number of carbonyl (C=O) groups is 1. The van der Waals surface area contributed by atoms with Crippen molar-refractivity contribution >= 4 is 17.5 Å². The third-order valence-electron chi connectivity index (χ3n) is 3.88.